The molecule has 34 heavy (non-hydrogen) atoms. The zero-order chi connectivity index (χ0) is 20.4. The summed E-state index contributed by atoms with van der Waals surface area (Å²) in [7, 11) is 0. The van der Waals surface area contributed by atoms with Gasteiger partial charge in [-0.05, 0) is 35.3 Å². The summed E-state index contributed by atoms with van der Waals surface area (Å²) in [4.78, 5) is 0. The number of rotatable bonds is 6. The maximum atomic E-state index is 2.73. The van der Waals surface area contributed by atoms with Gasteiger partial charge < -0.3 is 43.6 Å². The van der Waals surface area contributed by atoms with Crippen LogP contribution < -0.4 is 37.2 Å². The largest absolute Gasteiger partial charge is 4.00 e. The Kier molecular flexibility index (Phi) is 13.3. The third-order valence-corrected chi connectivity index (χ3v) is 8.29. The van der Waals surface area contributed by atoms with Crippen LogP contribution in [0.5, 0.6) is 0 Å². The minimum Gasteiger partial charge on any atom is -1.00 e. The minimum absolute atomic E-state index is 0. The molecule has 2 fully saturated rings. The Morgan fingerprint density at radius 2 is 1.38 bits per heavy atom. The van der Waals surface area contributed by atoms with Crippen LogP contribution >= 0.6 is 0 Å². The Labute approximate surface area is 240 Å². The van der Waals surface area contributed by atoms with Crippen molar-refractivity contribution in [3.8, 4) is 0 Å². The van der Waals surface area contributed by atoms with Gasteiger partial charge in [0.25, 0.3) is 0 Å². The number of allylic oxidation sites excluding steroid dienone is 4. The van der Waals surface area contributed by atoms with Crippen LogP contribution in [-0.4, -0.2) is 0 Å². The van der Waals surface area contributed by atoms with E-state index in [0.29, 0.717) is 23.7 Å². The Hall–Kier alpha value is -0.496. The molecule has 2 saturated carbocycles. The fraction of sp³-hybridized carbons (Fsp3) is 0.433. The van der Waals surface area contributed by atoms with Gasteiger partial charge in [-0.1, -0.05) is 123 Å². The van der Waals surface area contributed by atoms with Gasteiger partial charge in [-0.15, -0.1) is 0 Å². The summed E-state index contributed by atoms with van der Waals surface area (Å²) in [6.45, 7) is 2.34. The monoisotopic (exact) mass is 548 g/mol. The summed E-state index contributed by atoms with van der Waals surface area (Å²) in [5.74, 6) is 3.48. The number of hydrogen-bond acceptors (Lipinski definition) is 0. The van der Waals surface area contributed by atoms with Crippen LogP contribution in [0.15, 0.2) is 85.0 Å². The number of hydrogen-bond donors (Lipinski definition) is 0. The summed E-state index contributed by atoms with van der Waals surface area (Å²) >= 11 is 0. The number of benzene rings is 2. The smallest absolute Gasteiger partial charge is 1.00 e. The molecule has 0 bridgehead atoms. The summed E-state index contributed by atoms with van der Waals surface area (Å²) in [5, 5.41) is 0. The van der Waals surface area contributed by atoms with Crippen molar-refractivity contribution < 1.29 is 58.9 Å². The average Bonchev–Trinajstić information content (AvgIpc) is 3.16. The molecular weight excluding hydrogens is 515 g/mol. The summed E-state index contributed by atoms with van der Waals surface area (Å²) in [6, 6.07) is 23.0. The molecule has 0 heterocycles. The summed E-state index contributed by atoms with van der Waals surface area (Å²) in [5.41, 5.74) is 3.12. The van der Waals surface area contributed by atoms with Crippen molar-refractivity contribution in [2.75, 3.05) is 0 Å². The third-order valence-electron chi connectivity index (χ3n) is 8.29. The molecule has 0 nitrogen and oxygen atoms in total. The Balaban J connectivity index is 0.00000144. The molecule has 0 N–H and O–H groups in total. The average molecular weight is 550 g/mol. The van der Waals surface area contributed by atoms with E-state index in [1.807, 2.05) is 0 Å². The van der Waals surface area contributed by atoms with Crippen LogP contribution in [-0.2, 0) is 27.1 Å². The second-order valence-electron chi connectivity index (χ2n) is 9.67. The van der Waals surface area contributed by atoms with Crippen molar-refractivity contribution in [3.05, 3.63) is 103 Å². The Morgan fingerprint density at radius 1 is 0.824 bits per heavy atom. The zero-order valence-corrected chi connectivity index (χ0v) is 23.8. The van der Waals surface area contributed by atoms with Crippen LogP contribution in [0.3, 0.4) is 0 Å². The molecule has 4 heteroatoms. The first-order chi connectivity index (χ1) is 14.9. The van der Waals surface area contributed by atoms with Crippen LogP contribution in [0, 0.1) is 36.0 Å². The molecule has 0 aliphatic heterocycles. The molecule has 180 valence electrons. The Morgan fingerprint density at radius 3 is 1.94 bits per heavy atom. The van der Waals surface area contributed by atoms with Crippen molar-refractivity contribution in [2.45, 2.75) is 50.9 Å². The topological polar surface area (TPSA) is 0 Å². The van der Waals surface area contributed by atoms with Crippen molar-refractivity contribution in [1.29, 1.82) is 0 Å². The molecule has 2 aromatic rings. The van der Waals surface area contributed by atoms with Gasteiger partial charge in [0.05, 0.1) is 0 Å². The maximum absolute atomic E-state index is 2.73. The van der Waals surface area contributed by atoms with Crippen LogP contribution in [0.1, 0.15) is 56.6 Å². The first kappa shape index (κ1) is 31.5. The normalized spacial score (nSPS) is 26.6. The van der Waals surface area contributed by atoms with E-state index in [-0.39, 0.29) is 64.4 Å². The molecule has 0 spiro atoms. The fourth-order valence-corrected chi connectivity index (χ4v) is 7.17. The molecule has 3 aliphatic carbocycles. The minimum atomic E-state index is 0. The van der Waals surface area contributed by atoms with Crippen molar-refractivity contribution in [3.63, 3.8) is 0 Å². The molecule has 0 aromatic heterocycles. The van der Waals surface area contributed by atoms with E-state index in [4.69, 9.17) is 0 Å². The van der Waals surface area contributed by atoms with E-state index in [1.54, 1.807) is 0 Å². The predicted octanol–water partition coefficient (Wildman–Crippen LogP) is -1.22. The van der Waals surface area contributed by atoms with Gasteiger partial charge in [0, 0.05) is 5.41 Å². The van der Waals surface area contributed by atoms with Crippen LogP contribution in [0.25, 0.3) is 0 Å². The SMILES string of the molecule is CCCCC(c1ccccc1)(c1ccccc1)C1C2C=CC=CC2C2CCC[CH-]C21.[Cl-].[Cl-].[Cl-].[Ti+4]. The number of fused-ring (bicyclic) bond motifs is 3. The Bertz CT molecular complexity index is 856. The van der Waals surface area contributed by atoms with Crippen molar-refractivity contribution >= 4 is 0 Å². The maximum Gasteiger partial charge on any atom is 4.00 e. The number of halogens is 3. The van der Waals surface area contributed by atoms with Crippen LogP contribution in [0.4, 0.5) is 0 Å². The first-order valence-corrected chi connectivity index (χ1v) is 12.2. The molecule has 0 radical (unpaired) electrons. The molecule has 3 aliphatic rings. The number of unbranched alkanes of at least 4 members (excludes halogenated alkanes) is 1. The molecule has 5 atom stereocenters. The zero-order valence-electron chi connectivity index (χ0n) is 19.9. The molecular formula is C30H35Cl3Ti. The summed E-state index contributed by atoms with van der Waals surface area (Å²) < 4.78 is 0. The van der Waals surface area contributed by atoms with E-state index in [9.17, 15) is 0 Å². The van der Waals surface area contributed by atoms with Gasteiger partial charge in [0.1, 0.15) is 0 Å². The second-order valence-corrected chi connectivity index (χ2v) is 9.67. The van der Waals surface area contributed by atoms with E-state index < -0.39 is 0 Å². The molecule has 5 unspecified atom stereocenters. The standard InChI is InChI=1S/C30H35.3ClH.Ti/c1-2-3-22-30(23-14-6-4-7-15-23,24-16-8-5-9-17-24)29-27-20-12-10-18-25(27)26-19-11-13-21-28(26)29;;;;/h4-10,12,14-18,20-21,25-29H,2-3,11,13,19,22H2,1H3;3*1H;/q-1;;;;+4/p-3. The third kappa shape index (κ3) is 5.58. The van der Waals surface area contributed by atoms with Gasteiger partial charge in [0.15, 0.2) is 0 Å². The molecule has 5 rings (SSSR count). The van der Waals surface area contributed by atoms with Gasteiger partial charge in [0.2, 0.25) is 0 Å². The second kappa shape index (κ2) is 14.3. The first-order valence-electron chi connectivity index (χ1n) is 12.2. The van der Waals surface area contributed by atoms with E-state index in [0.717, 1.165) is 5.92 Å². The summed E-state index contributed by atoms with van der Waals surface area (Å²) in [6.07, 6.45) is 20.3. The van der Waals surface area contributed by atoms with Crippen LogP contribution in [0.2, 0.25) is 0 Å². The van der Waals surface area contributed by atoms with E-state index in [1.165, 1.54) is 49.7 Å². The quantitative estimate of drug-likeness (QED) is 0.313. The molecule has 0 saturated heterocycles. The predicted molar refractivity (Wildman–Crippen MR) is 127 cm³/mol. The van der Waals surface area contributed by atoms with Crippen molar-refractivity contribution in [1.82, 2.24) is 0 Å². The molecule has 2 aromatic carbocycles. The van der Waals surface area contributed by atoms with Gasteiger partial charge in [-0.2, -0.15) is 12.3 Å². The van der Waals surface area contributed by atoms with Crippen molar-refractivity contribution in [2.24, 2.45) is 29.6 Å². The van der Waals surface area contributed by atoms with Gasteiger partial charge >= 0.3 is 21.7 Å². The van der Waals surface area contributed by atoms with E-state index >= 15 is 0 Å². The van der Waals surface area contributed by atoms with Gasteiger partial charge in [-0.25, -0.2) is 0 Å². The van der Waals surface area contributed by atoms with Gasteiger partial charge in [-0.3, -0.25) is 0 Å². The van der Waals surface area contributed by atoms with E-state index in [2.05, 4.69) is 98.3 Å². The fourth-order valence-electron chi connectivity index (χ4n) is 7.17. The molecule has 0 amide bonds.